The second-order valence-electron chi connectivity index (χ2n) is 9.73. The van der Waals surface area contributed by atoms with Gasteiger partial charge in [-0.05, 0) is 84.3 Å². The Bertz CT molecular complexity index is 722. The molecule has 1 aromatic carbocycles. The van der Waals surface area contributed by atoms with Gasteiger partial charge in [0.15, 0.2) is 0 Å². The van der Waals surface area contributed by atoms with E-state index in [9.17, 15) is 9.90 Å². The van der Waals surface area contributed by atoms with Gasteiger partial charge in [-0.2, -0.15) is 0 Å². The number of nitrogens with zero attached hydrogens (tertiary/aromatic N) is 1. The molecule has 3 rings (SSSR count). The molecule has 0 unspecified atom stereocenters. The highest BCUT2D eigenvalue weighted by atomic mass is 16.7. The fourth-order valence-electron chi connectivity index (χ4n) is 4.20. The lowest BCUT2D eigenvalue weighted by Gasteiger charge is -2.42. The number of fused-ring (bicyclic) bond motifs is 1. The van der Waals surface area contributed by atoms with Crippen molar-refractivity contribution in [2.45, 2.75) is 90.5 Å². The molecule has 0 radical (unpaired) electrons. The van der Waals surface area contributed by atoms with Crippen molar-refractivity contribution in [2.75, 3.05) is 0 Å². The van der Waals surface area contributed by atoms with Crippen LogP contribution in [0.4, 0.5) is 4.79 Å². The maximum atomic E-state index is 12.0. The van der Waals surface area contributed by atoms with Crippen molar-refractivity contribution in [1.29, 1.82) is 0 Å². The summed E-state index contributed by atoms with van der Waals surface area (Å²) in [7, 11) is -0.420. The van der Waals surface area contributed by atoms with Crippen LogP contribution in [0, 0.1) is 0 Å². The maximum Gasteiger partial charge on any atom is 0.495 e. The summed E-state index contributed by atoms with van der Waals surface area (Å²) in [5.74, 6) is 0. The van der Waals surface area contributed by atoms with Crippen LogP contribution in [0.15, 0.2) is 18.2 Å². The average Bonchev–Trinajstić information content (AvgIpc) is 2.73. The molecular weight excluding hydrogens is 341 g/mol. The third-order valence-corrected chi connectivity index (χ3v) is 6.26. The van der Waals surface area contributed by atoms with Crippen molar-refractivity contribution < 1.29 is 19.2 Å². The Morgan fingerprint density at radius 2 is 1.78 bits per heavy atom. The summed E-state index contributed by atoms with van der Waals surface area (Å²) in [6.07, 6.45) is 1.84. The highest BCUT2D eigenvalue weighted by Crippen LogP contribution is 2.40. The highest BCUT2D eigenvalue weighted by molar-refractivity contribution is 6.62. The predicted molar refractivity (Wildman–Crippen MR) is 107 cm³/mol. The molecule has 0 aromatic heterocycles. The molecule has 1 heterocycles. The standard InChI is InChI=1S/C21H32BNO4/c1-19(2,3)23(18(24)25)17-13-9-10-14-15(17)11-8-12-16(14)22-26-20(4,5)21(6,7)27-22/h8,11-12,17H,9-10,13H2,1-7H3,(H,24,25)/t17-/m0/s1. The molecule has 1 atom stereocenters. The van der Waals surface area contributed by atoms with Crippen molar-refractivity contribution in [1.82, 2.24) is 4.90 Å². The van der Waals surface area contributed by atoms with Crippen molar-refractivity contribution in [3.05, 3.63) is 29.3 Å². The number of hydrogen-bond donors (Lipinski definition) is 1. The maximum absolute atomic E-state index is 12.0. The van der Waals surface area contributed by atoms with E-state index >= 15 is 0 Å². The van der Waals surface area contributed by atoms with Gasteiger partial charge in [0.25, 0.3) is 0 Å². The molecule has 1 aliphatic heterocycles. The lowest BCUT2D eigenvalue weighted by Crippen LogP contribution is -2.49. The first kappa shape index (κ1) is 20.2. The summed E-state index contributed by atoms with van der Waals surface area (Å²) in [6.45, 7) is 14.1. The summed E-state index contributed by atoms with van der Waals surface area (Å²) < 4.78 is 12.5. The van der Waals surface area contributed by atoms with Crippen molar-refractivity contribution >= 4 is 18.7 Å². The van der Waals surface area contributed by atoms with Gasteiger partial charge in [0, 0.05) is 5.54 Å². The molecular formula is C21H32BNO4. The van der Waals surface area contributed by atoms with Crippen molar-refractivity contribution in [3.63, 3.8) is 0 Å². The minimum Gasteiger partial charge on any atom is -0.465 e. The monoisotopic (exact) mass is 373 g/mol. The van der Waals surface area contributed by atoms with Gasteiger partial charge in [0.05, 0.1) is 17.2 Å². The molecule has 6 heteroatoms. The first-order chi connectivity index (χ1) is 12.3. The van der Waals surface area contributed by atoms with E-state index in [4.69, 9.17) is 9.31 Å². The largest absolute Gasteiger partial charge is 0.495 e. The van der Waals surface area contributed by atoms with Crippen LogP contribution in [-0.2, 0) is 15.7 Å². The third-order valence-electron chi connectivity index (χ3n) is 6.26. The van der Waals surface area contributed by atoms with Gasteiger partial charge >= 0.3 is 13.2 Å². The number of carbonyl (C=O) groups is 1. The van der Waals surface area contributed by atoms with Crippen LogP contribution in [0.25, 0.3) is 0 Å². The Morgan fingerprint density at radius 3 is 2.30 bits per heavy atom. The molecule has 1 aliphatic carbocycles. The molecule has 27 heavy (non-hydrogen) atoms. The fraction of sp³-hybridized carbons (Fsp3) is 0.667. The first-order valence-electron chi connectivity index (χ1n) is 9.85. The second kappa shape index (κ2) is 6.52. The molecule has 0 saturated carbocycles. The van der Waals surface area contributed by atoms with Gasteiger partial charge in [-0.3, -0.25) is 4.90 Å². The van der Waals surface area contributed by atoms with E-state index in [2.05, 4.69) is 39.8 Å². The number of rotatable bonds is 2. The summed E-state index contributed by atoms with van der Waals surface area (Å²) in [4.78, 5) is 13.6. The van der Waals surface area contributed by atoms with Crippen LogP contribution in [0.3, 0.4) is 0 Å². The smallest absolute Gasteiger partial charge is 0.465 e. The van der Waals surface area contributed by atoms with Gasteiger partial charge in [0.1, 0.15) is 0 Å². The Kier molecular flexibility index (Phi) is 4.88. The molecule has 1 saturated heterocycles. The Morgan fingerprint density at radius 1 is 1.19 bits per heavy atom. The van der Waals surface area contributed by atoms with Crippen molar-refractivity contribution in [3.8, 4) is 0 Å². The third kappa shape index (κ3) is 3.50. The van der Waals surface area contributed by atoms with Crippen LogP contribution < -0.4 is 5.46 Å². The zero-order valence-corrected chi connectivity index (χ0v) is 17.6. The molecule has 5 nitrogen and oxygen atoms in total. The zero-order valence-electron chi connectivity index (χ0n) is 17.6. The first-order valence-corrected chi connectivity index (χ1v) is 9.85. The van der Waals surface area contributed by atoms with E-state index in [1.165, 1.54) is 5.56 Å². The summed E-state index contributed by atoms with van der Waals surface area (Å²) in [5, 5.41) is 9.88. The summed E-state index contributed by atoms with van der Waals surface area (Å²) in [5.41, 5.74) is 2.05. The molecule has 1 fully saturated rings. The normalized spacial score (nSPS) is 23.8. The predicted octanol–water partition coefficient (Wildman–Crippen LogP) is 4.14. The molecule has 1 N–H and O–H groups in total. The van der Waals surface area contributed by atoms with Crippen LogP contribution in [0.2, 0.25) is 0 Å². The quantitative estimate of drug-likeness (QED) is 0.792. The number of benzene rings is 1. The molecule has 0 spiro atoms. The topological polar surface area (TPSA) is 59.0 Å². The number of hydrogen-bond acceptors (Lipinski definition) is 3. The molecule has 1 aromatic rings. The van der Waals surface area contributed by atoms with Gasteiger partial charge < -0.3 is 14.4 Å². The Balaban J connectivity index is 2.03. The molecule has 2 aliphatic rings. The average molecular weight is 373 g/mol. The fourth-order valence-corrected chi connectivity index (χ4v) is 4.20. The van der Waals surface area contributed by atoms with Gasteiger partial charge in [-0.15, -0.1) is 0 Å². The lowest BCUT2D eigenvalue weighted by molar-refractivity contribution is 0.00578. The highest BCUT2D eigenvalue weighted by Gasteiger charge is 2.52. The van der Waals surface area contributed by atoms with E-state index < -0.39 is 30.0 Å². The van der Waals surface area contributed by atoms with Crippen LogP contribution in [-0.4, -0.2) is 40.0 Å². The van der Waals surface area contributed by atoms with Gasteiger partial charge in [-0.1, -0.05) is 18.2 Å². The summed E-state index contributed by atoms with van der Waals surface area (Å²) >= 11 is 0. The molecule has 1 amide bonds. The molecule has 0 bridgehead atoms. The van der Waals surface area contributed by atoms with E-state index in [-0.39, 0.29) is 6.04 Å². The number of amides is 1. The van der Waals surface area contributed by atoms with E-state index in [0.717, 1.165) is 30.3 Å². The van der Waals surface area contributed by atoms with Crippen LogP contribution in [0.1, 0.15) is 78.5 Å². The van der Waals surface area contributed by atoms with E-state index in [1.54, 1.807) is 4.90 Å². The second-order valence-corrected chi connectivity index (χ2v) is 9.73. The minimum atomic E-state index is -0.874. The van der Waals surface area contributed by atoms with Gasteiger partial charge in [-0.25, -0.2) is 4.79 Å². The Hall–Kier alpha value is -1.53. The SMILES string of the molecule is CC(C)(C)N(C(=O)O)[C@H]1CCCc2c(B3OC(C)(C)C(C)(C)O3)cccc21. The van der Waals surface area contributed by atoms with Gasteiger partial charge in [0.2, 0.25) is 0 Å². The number of carboxylic acid groups (broad SMARTS) is 1. The van der Waals surface area contributed by atoms with Crippen LogP contribution >= 0.6 is 0 Å². The van der Waals surface area contributed by atoms with Crippen molar-refractivity contribution in [2.24, 2.45) is 0 Å². The zero-order chi connectivity index (χ0) is 20.2. The minimum absolute atomic E-state index is 0.145. The lowest BCUT2D eigenvalue weighted by atomic mass is 9.70. The summed E-state index contributed by atoms with van der Waals surface area (Å²) in [6, 6.07) is 5.98. The van der Waals surface area contributed by atoms with E-state index in [0.29, 0.717) is 0 Å². The Labute approximate surface area is 163 Å². The van der Waals surface area contributed by atoms with E-state index in [1.807, 2.05) is 26.8 Å². The van der Waals surface area contributed by atoms with Crippen LogP contribution in [0.5, 0.6) is 0 Å². The molecule has 148 valence electrons.